The third-order valence-electron chi connectivity index (χ3n) is 8.86. The smallest absolute Gasteiger partial charge is 0.123 e. The lowest BCUT2D eigenvalue weighted by Crippen LogP contribution is -2.44. The lowest BCUT2D eigenvalue weighted by atomic mass is 9.91. The minimum Gasteiger partial charge on any atom is -0.508 e. The van der Waals surface area contributed by atoms with E-state index in [1.54, 1.807) is 18.2 Å². The molecule has 0 saturated carbocycles. The molecule has 2 aliphatic heterocycles. The lowest BCUT2D eigenvalue weighted by molar-refractivity contribution is -0.179. The van der Waals surface area contributed by atoms with Gasteiger partial charge >= 0.3 is 0 Å². The zero-order chi connectivity index (χ0) is 31.5. The van der Waals surface area contributed by atoms with Gasteiger partial charge in [-0.1, -0.05) is 66.7 Å². The molecule has 45 heavy (non-hydrogen) atoms. The number of hydrogen-bond acceptors (Lipinski definition) is 8. The summed E-state index contributed by atoms with van der Waals surface area (Å²) in [6.45, 7) is 0.0724. The Labute approximate surface area is 261 Å². The number of aliphatic hydroxyl groups is 4. The van der Waals surface area contributed by atoms with Crippen LogP contribution in [0, 0.1) is 5.82 Å². The van der Waals surface area contributed by atoms with Crippen LogP contribution in [0.1, 0.15) is 54.2 Å². The number of para-hydroxylation sites is 1. The molecule has 4 aromatic carbocycles. The summed E-state index contributed by atoms with van der Waals surface area (Å²) < 4.78 is 25.4. The summed E-state index contributed by atoms with van der Waals surface area (Å²) in [5.74, 6) is -0.247. The van der Waals surface area contributed by atoms with Gasteiger partial charge in [0.1, 0.15) is 30.5 Å². The average molecular weight is 616 g/mol. The van der Waals surface area contributed by atoms with Crippen molar-refractivity contribution in [1.29, 1.82) is 0 Å². The second-order valence-electron chi connectivity index (χ2n) is 11.8. The summed E-state index contributed by atoms with van der Waals surface area (Å²) in [6.07, 6.45) is -3.44. The maximum Gasteiger partial charge on any atom is 0.123 e. The van der Waals surface area contributed by atoms with Gasteiger partial charge in [0.25, 0.3) is 0 Å². The molecule has 7 atom stereocenters. The van der Waals surface area contributed by atoms with Gasteiger partial charge in [-0.25, -0.2) is 4.39 Å². The Kier molecular flexibility index (Phi) is 9.46. The molecule has 0 radical (unpaired) electrons. The zero-order valence-electron chi connectivity index (χ0n) is 24.7. The van der Waals surface area contributed by atoms with Gasteiger partial charge in [-0.05, 0) is 65.4 Å². The quantitative estimate of drug-likeness (QED) is 0.175. The summed E-state index contributed by atoms with van der Waals surface area (Å²) in [5, 5.41) is 52.4. The van der Waals surface area contributed by atoms with Crippen LogP contribution in [0.3, 0.4) is 0 Å². The first-order valence-electron chi connectivity index (χ1n) is 15.2. The molecular formula is C36H38FNO7. The van der Waals surface area contributed by atoms with E-state index in [-0.39, 0.29) is 36.7 Å². The summed E-state index contributed by atoms with van der Waals surface area (Å²) in [5.41, 5.74) is 4.58. The summed E-state index contributed by atoms with van der Waals surface area (Å²) in [7, 11) is 0. The van der Waals surface area contributed by atoms with E-state index in [0.29, 0.717) is 36.3 Å². The number of anilines is 1. The molecule has 2 saturated heterocycles. The third kappa shape index (κ3) is 6.74. The minimum absolute atomic E-state index is 0.108. The van der Waals surface area contributed by atoms with Gasteiger partial charge in [0.05, 0.1) is 37.1 Å². The van der Waals surface area contributed by atoms with E-state index in [4.69, 9.17) is 9.47 Å². The van der Waals surface area contributed by atoms with Crippen molar-refractivity contribution in [3.8, 4) is 16.9 Å². The van der Waals surface area contributed by atoms with E-state index in [9.17, 15) is 29.9 Å². The van der Waals surface area contributed by atoms with Crippen LogP contribution in [0.4, 0.5) is 10.1 Å². The van der Waals surface area contributed by atoms with Crippen LogP contribution in [-0.4, -0.2) is 63.3 Å². The summed E-state index contributed by atoms with van der Waals surface area (Å²) in [4.78, 5) is 2.10. The van der Waals surface area contributed by atoms with Crippen LogP contribution >= 0.6 is 0 Å². The molecule has 236 valence electrons. The van der Waals surface area contributed by atoms with Crippen LogP contribution in [0.5, 0.6) is 5.75 Å². The first-order valence-corrected chi connectivity index (χ1v) is 15.2. The fourth-order valence-electron chi connectivity index (χ4n) is 6.37. The van der Waals surface area contributed by atoms with Crippen molar-refractivity contribution in [1.82, 2.24) is 0 Å². The molecule has 4 aromatic rings. The average Bonchev–Trinajstić information content (AvgIpc) is 3.49. The topological polar surface area (TPSA) is 123 Å². The second kappa shape index (κ2) is 13.7. The number of phenolic OH excluding ortho intramolecular Hbond substituents is 1. The van der Waals surface area contributed by atoms with Crippen LogP contribution in [0.2, 0.25) is 0 Å². The van der Waals surface area contributed by atoms with Crippen molar-refractivity contribution in [3.05, 3.63) is 120 Å². The maximum absolute atomic E-state index is 13.4. The number of hydrogen-bond donors (Lipinski definition) is 5. The molecule has 0 spiro atoms. The predicted molar refractivity (Wildman–Crippen MR) is 167 cm³/mol. The Morgan fingerprint density at radius 1 is 0.889 bits per heavy atom. The number of phenols is 1. The monoisotopic (exact) mass is 615 g/mol. The molecule has 2 fully saturated rings. The van der Waals surface area contributed by atoms with Gasteiger partial charge in [0, 0.05) is 17.7 Å². The molecule has 5 N–H and O–H groups in total. The van der Waals surface area contributed by atoms with Gasteiger partial charge in [0.15, 0.2) is 0 Å². The van der Waals surface area contributed by atoms with Crippen molar-refractivity contribution in [3.63, 3.8) is 0 Å². The summed E-state index contributed by atoms with van der Waals surface area (Å²) in [6, 6.07) is 28.2. The number of halogens is 1. The summed E-state index contributed by atoms with van der Waals surface area (Å²) >= 11 is 0. The van der Waals surface area contributed by atoms with Crippen molar-refractivity contribution >= 4 is 5.69 Å². The van der Waals surface area contributed by atoms with Gasteiger partial charge in [-0.15, -0.1) is 0 Å². The van der Waals surface area contributed by atoms with Gasteiger partial charge in [-0.2, -0.15) is 0 Å². The molecule has 0 aromatic heterocycles. The Hall–Kier alpha value is -3.83. The Morgan fingerprint density at radius 3 is 2.29 bits per heavy atom. The molecular weight excluding hydrogens is 577 g/mol. The first-order chi connectivity index (χ1) is 21.8. The van der Waals surface area contributed by atoms with Crippen LogP contribution in [0.25, 0.3) is 11.1 Å². The number of ether oxygens (including phenoxy) is 2. The SMILES string of the molecule is OCC1CC(O)C(O)C(c2ccc(-c3ccc(C4C(CCC(O)c5ccc(F)cc5)OCN4c4ccccc4)c(O)c3)cc2)O1. The van der Waals surface area contributed by atoms with Crippen molar-refractivity contribution in [2.75, 3.05) is 18.2 Å². The number of aliphatic hydroxyl groups excluding tert-OH is 4. The fraction of sp³-hybridized carbons (Fsp3) is 0.333. The largest absolute Gasteiger partial charge is 0.508 e. The highest BCUT2D eigenvalue weighted by Crippen LogP contribution is 2.43. The van der Waals surface area contributed by atoms with Crippen LogP contribution in [-0.2, 0) is 9.47 Å². The van der Waals surface area contributed by atoms with Crippen LogP contribution in [0.15, 0.2) is 97.1 Å². The van der Waals surface area contributed by atoms with E-state index >= 15 is 0 Å². The van der Waals surface area contributed by atoms with Crippen molar-refractivity contribution < 1.29 is 39.4 Å². The van der Waals surface area contributed by atoms with Gasteiger partial charge in [0.2, 0.25) is 0 Å². The molecule has 9 heteroatoms. The zero-order valence-corrected chi connectivity index (χ0v) is 24.7. The predicted octanol–water partition coefficient (Wildman–Crippen LogP) is 5.16. The maximum atomic E-state index is 13.4. The molecule has 8 nitrogen and oxygen atoms in total. The molecule has 6 rings (SSSR count). The molecule has 7 unspecified atom stereocenters. The molecule has 2 aliphatic rings. The highest BCUT2D eigenvalue weighted by atomic mass is 19.1. The van der Waals surface area contributed by atoms with Gasteiger partial charge in [-0.3, -0.25) is 0 Å². The molecule has 0 aliphatic carbocycles. The van der Waals surface area contributed by atoms with Crippen LogP contribution < -0.4 is 4.90 Å². The van der Waals surface area contributed by atoms with Crippen molar-refractivity contribution in [2.45, 2.75) is 61.9 Å². The normalized spacial score (nSPS) is 25.8. The Balaban J connectivity index is 1.23. The Bertz CT molecular complexity index is 1550. The second-order valence-corrected chi connectivity index (χ2v) is 11.8. The van der Waals surface area contributed by atoms with Crippen molar-refractivity contribution in [2.24, 2.45) is 0 Å². The fourth-order valence-corrected chi connectivity index (χ4v) is 6.37. The highest BCUT2D eigenvalue weighted by molar-refractivity contribution is 5.67. The van der Waals surface area contributed by atoms with E-state index in [0.717, 1.165) is 16.8 Å². The van der Waals surface area contributed by atoms with E-state index in [1.165, 1.54) is 12.1 Å². The van der Waals surface area contributed by atoms with E-state index in [2.05, 4.69) is 4.90 Å². The molecule has 2 heterocycles. The number of benzene rings is 4. The van der Waals surface area contributed by atoms with Gasteiger partial charge < -0.3 is 39.9 Å². The standard InChI is InChI=1S/C36H38FNO7/c37-26-13-10-23(11-14-26)30(40)16-17-33-34(38(21-44-33)27-4-2-1-3-5-27)29-15-12-25(18-31(29)41)22-6-8-24(9-7-22)36-35(43)32(42)19-28(20-39)45-36/h1-15,18,28,30,32-36,39-43H,16-17,19-21H2. The lowest BCUT2D eigenvalue weighted by Gasteiger charge is -2.36. The van der Waals surface area contributed by atoms with E-state index in [1.807, 2.05) is 66.7 Å². The third-order valence-corrected chi connectivity index (χ3v) is 8.86. The first kappa shape index (κ1) is 31.2. The van der Waals surface area contributed by atoms with E-state index < -0.39 is 30.5 Å². The Morgan fingerprint density at radius 2 is 1.60 bits per heavy atom. The highest BCUT2D eigenvalue weighted by Gasteiger charge is 2.39. The number of rotatable bonds is 9. The molecule has 0 amide bonds. The minimum atomic E-state index is -1.10. The molecule has 0 bridgehead atoms. The number of nitrogens with zero attached hydrogens (tertiary/aromatic N) is 1. The number of aromatic hydroxyl groups is 1.